The summed E-state index contributed by atoms with van der Waals surface area (Å²) < 4.78 is 2.42. The van der Waals surface area contributed by atoms with Gasteiger partial charge >= 0.3 is 0 Å². The van der Waals surface area contributed by atoms with Gasteiger partial charge in [0.2, 0.25) is 0 Å². The maximum absolute atomic E-state index is 7.93. The Kier molecular flexibility index (Phi) is 5.06. The molecule has 0 bridgehead atoms. The van der Waals surface area contributed by atoms with Crippen LogP contribution < -0.4 is 0 Å². The second kappa shape index (κ2) is 9.01. The fraction of sp³-hybridized carbons (Fsp3) is 0.0488. The zero-order valence-corrected chi connectivity index (χ0v) is 23.7. The summed E-state index contributed by atoms with van der Waals surface area (Å²) in [5.74, 6) is 0. The number of rotatable bonds is 4. The Morgan fingerprint density at radius 3 is 2.16 bits per heavy atom. The lowest BCUT2D eigenvalue weighted by molar-refractivity contribution is 1.17. The first-order chi connectivity index (χ1) is 21.2. The summed E-state index contributed by atoms with van der Waals surface area (Å²) in [6.07, 6.45) is 5.24. The molecule has 0 unspecified atom stereocenters. The van der Waals surface area contributed by atoms with Gasteiger partial charge in [-0.1, -0.05) is 85.5 Å². The van der Waals surface area contributed by atoms with Crippen molar-refractivity contribution >= 4 is 34.1 Å². The van der Waals surface area contributed by atoms with Crippen LogP contribution in [0.5, 0.6) is 0 Å². The number of nitrogens with one attached hydrogen (secondary N) is 1. The Morgan fingerprint density at radius 1 is 0.581 bits per heavy atom. The number of nitrogens with zero attached hydrogens (tertiary/aromatic N) is 1. The molecule has 1 N–H and O–H groups in total. The SMILES string of the molecule is C=Cc1c(C=N)ccc2c1-c1cc(-c3ccc4c(c3)c3cc5c(cc3n4-c3ccccc3)Cc3ccccc3-5)ccc1C2. The molecule has 2 aliphatic rings. The third-order valence-corrected chi connectivity index (χ3v) is 9.51. The number of hydrogen-bond acceptors (Lipinski definition) is 1. The van der Waals surface area contributed by atoms with E-state index in [0.717, 1.165) is 24.0 Å². The summed E-state index contributed by atoms with van der Waals surface area (Å²) in [5.41, 5.74) is 18.7. The molecule has 2 aliphatic carbocycles. The standard InChI is InChI=1S/C41H28N2/c1-2-33-30(24-42)15-14-29-18-28-13-12-25(20-36(28)41(29)33)26-16-17-39-37(21-26)38-23-35-31(19-27-8-6-7-11-34(27)35)22-40(38)43(39)32-9-4-3-5-10-32/h2-17,20-24,42H,1,18-19H2. The molecule has 7 aromatic rings. The van der Waals surface area contributed by atoms with Gasteiger partial charge in [-0.2, -0.15) is 0 Å². The predicted molar refractivity (Wildman–Crippen MR) is 181 cm³/mol. The molecule has 1 heterocycles. The molecule has 6 aromatic carbocycles. The minimum atomic E-state index is 0.913. The second-order valence-electron chi connectivity index (χ2n) is 11.8. The number of benzene rings is 6. The maximum atomic E-state index is 7.93. The molecule has 0 aliphatic heterocycles. The number of hydrogen-bond donors (Lipinski definition) is 1. The Labute approximate surface area is 250 Å². The van der Waals surface area contributed by atoms with Gasteiger partial charge in [0, 0.05) is 22.7 Å². The third kappa shape index (κ3) is 3.44. The predicted octanol–water partition coefficient (Wildman–Crippen LogP) is 10.2. The van der Waals surface area contributed by atoms with Gasteiger partial charge in [-0.3, -0.25) is 0 Å². The highest BCUT2D eigenvalue weighted by molar-refractivity contribution is 6.12. The monoisotopic (exact) mass is 548 g/mol. The molecule has 0 saturated carbocycles. The molecular formula is C41H28N2. The molecule has 1 aromatic heterocycles. The van der Waals surface area contributed by atoms with E-state index in [1.807, 2.05) is 12.1 Å². The fourth-order valence-electron chi connectivity index (χ4n) is 7.52. The zero-order valence-electron chi connectivity index (χ0n) is 23.7. The largest absolute Gasteiger partial charge is 0.309 e. The smallest absolute Gasteiger partial charge is 0.0544 e. The zero-order chi connectivity index (χ0) is 28.7. The van der Waals surface area contributed by atoms with Crippen molar-refractivity contribution in [2.45, 2.75) is 12.8 Å². The van der Waals surface area contributed by atoms with E-state index >= 15 is 0 Å². The third-order valence-electron chi connectivity index (χ3n) is 9.51. The van der Waals surface area contributed by atoms with Crippen LogP contribution >= 0.6 is 0 Å². The van der Waals surface area contributed by atoms with Crippen molar-refractivity contribution in [2.75, 3.05) is 0 Å². The summed E-state index contributed by atoms with van der Waals surface area (Å²) in [6, 6.07) is 42.4. The highest BCUT2D eigenvalue weighted by Crippen LogP contribution is 2.45. The molecule has 9 rings (SSSR count). The molecule has 202 valence electrons. The minimum absolute atomic E-state index is 0.913. The molecule has 0 radical (unpaired) electrons. The topological polar surface area (TPSA) is 28.8 Å². The molecule has 0 saturated heterocycles. The second-order valence-corrected chi connectivity index (χ2v) is 11.8. The lowest BCUT2D eigenvalue weighted by Gasteiger charge is -2.11. The van der Waals surface area contributed by atoms with Crippen LogP contribution in [0.15, 0.2) is 122 Å². The van der Waals surface area contributed by atoms with Crippen molar-refractivity contribution < 1.29 is 0 Å². The van der Waals surface area contributed by atoms with E-state index in [1.54, 1.807) is 0 Å². The molecular weight excluding hydrogens is 520 g/mol. The number of para-hydroxylation sites is 1. The Balaban J connectivity index is 1.28. The van der Waals surface area contributed by atoms with Crippen LogP contribution in [0, 0.1) is 5.41 Å². The average molecular weight is 549 g/mol. The lowest BCUT2D eigenvalue weighted by Crippen LogP contribution is -1.94. The van der Waals surface area contributed by atoms with E-state index in [0.29, 0.717) is 0 Å². The lowest BCUT2D eigenvalue weighted by atomic mass is 9.93. The summed E-state index contributed by atoms with van der Waals surface area (Å²) in [4.78, 5) is 0. The molecule has 0 spiro atoms. The van der Waals surface area contributed by atoms with Gasteiger partial charge in [0.25, 0.3) is 0 Å². The highest BCUT2D eigenvalue weighted by Gasteiger charge is 2.24. The van der Waals surface area contributed by atoms with Gasteiger partial charge in [-0.25, -0.2) is 0 Å². The molecule has 0 atom stereocenters. The van der Waals surface area contributed by atoms with Gasteiger partial charge in [-0.15, -0.1) is 0 Å². The van der Waals surface area contributed by atoms with Gasteiger partial charge < -0.3 is 9.98 Å². The van der Waals surface area contributed by atoms with Crippen LogP contribution in [0.2, 0.25) is 0 Å². The minimum Gasteiger partial charge on any atom is -0.309 e. The summed E-state index contributed by atoms with van der Waals surface area (Å²) in [6.45, 7) is 4.09. The van der Waals surface area contributed by atoms with Crippen molar-refractivity contribution in [2.24, 2.45) is 0 Å². The number of fused-ring (bicyclic) bond motifs is 9. The van der Waals surface area contributed by atoms with Gasteiger partial charge in [0.15, 0.2) is 0 Å². The fourth-order valence-corrected chi connectivity index (χ4v) is 7.52. The highest BCUT2D eigenvalue weighted by atomic mass is 15.0. The first-order valence-corrected chi connectivity index (χ1v) is 14.9. The van der Waals surface area contributed by atoms with Gasteiger partial charge in [0.1, 0.15) is 0 Å². The summed E-state index contributed by atoms with van der Waals surface area (Å²) >= 11 is 0. The van der Waals surface area contributed by atoms with Crippen LogP contribution in [0.4, 0.5) is 0 Å². The molecule has 2 nitrogen and oxygen atoms in total. The van der Waals surface area contributed by atoms with Crippen molar-refractivity contribution in [1.29, 1.82) is 5.41 Å². The Bertz CT molecular complexity index is 2320. The molecule has 2 heteroatoms. The Hall–Kier alpha value is -5.47. The molecule has 0 amide bonds. The van der Waals surface area contributed by atoms with Crippen molar-refractivity contribution in [3.05, 3.63) is 155 Å². The van der Waals surface area contributed by atoms with Crippen molar-refractivity contribution in [1.82, 2.24) is 4.57 Å². The average Bonchev–Trinajstić information content (AvgIpc) is 3.71. The van der Waals surface area contributed by atoms with Crippen LogP contribution in [0.25, 0.3) is 66.9 Å². The van der Waals surface area contributed by atoms with E-state index in [1.165, 1.54) is 89.3 Å². The normalized spacial score (nSPS) is 12.7. The van der Waals surface area contributed by atoms with Gasteiger partial charge in [-0.05, 0) is 122 Å². The number of aromatic nitrogens is 1. The van der Waals surface area contributed by atoms with Crippen LogP contribution in [0.3, 0.4) is 0 Å². The maximum Gasteiger partial charge on any atom is 0.0544 e. The van der Waals surface area contributed by atoms with Gasteiger partial charge in [0.05, 0.1) is 11.0 Å². The molecule has 0 fully saturated rings. The molecule has 43 heavy (non-hydrogen) atoms. The summed E-state index contributed by atoms with van der Waals surface area (Å²) in [5, 5.41) is 10.5. The van der Waals surface area contributed by atoms with E-state index < -0.39 is 0 Å². The van der Waals surface area contributed by atoms with Crippen LogP contribution in [-0.4, -0.2) is 10.8 Å². The summed E-state index contributed by atoms with van der Waals surface area (Å²) in [7, 11) is 0. The Morgan fingerprint density at radius 2 is 1.30 bits per heavy atom. The first-order valence-electron chi connectivity index (χ1n) is 14.9. The first kappa shape index (κ1) is 24.2. The van der Waals surface area contributed by atoms with Crippen molar-refractivity contribution in [3.63, 3.8) is 0 Å². The quantitative estimate of drug-likeness (QED) is 0.212. The van der Waals surface area contributed by atoms with E-state index in [-0.39, 0.29) is 0 Å². The van der Waals surface area contributed by atoms with Crippen molar-refractivity contribution in [3.8, 4) is 39.1 Å². The van der Waals surface area contributed by atoms with E-state index in [9.17, 15) is 0 Å². The van der Waals surface area contributed by atoms with E-state index in [2.05, 4.69) is 120 Å². The van der Waals surface area contributed by atoms with Crippen LogP contribution in [0.1, 0.15) is 33.4 Å². The van der Waals surface area contributed by atoms with E-state index in [4.69, 9.17) is 5.41 Å². The van der Waals surface area contributed by atoms with Crippen LogP contribution in [-0.2, 0) is 12.8 Å².